The molecule has 3 aromatic heterocycles. The maximum atomic E-state index is 12.9. The largest absolute Gasteiger partial charge is 0.442 e. The van der Waals surface area contributed by atoms with Crippen molar-refractivity contribution in [3.05, 3.63) is 24.0 Å². The van der Waals surface area contributed by atoms with Gasteiger partial charge in [0.1, 0.15) is 23.0 Å². The highest BCUT2D eigenvalue weighted by molar-refractivity contribution is 5.74. The third-order valence-electron chi connectivity index (χ3n) is 4.76. The molecule has 3 N–H and O–H groups in total. The number of hydrogen-bond donors (Lipinski definition) is 3. The molecular weight excluding hydrogens is 367 g/mol. The summed E-state index contributed by atoms with van der Waals surface area (Å²) >= 11 is 0. The van der Waals surface area contributed by atoms with Crippen molar-refractivity contribution >= 4 is 22.8 Å². The predicted molar refractivity (Wildman–Crippen MR) is 100 cm³/mol. The number of H-pyrrole nitrogens is 1. The fourth-order valence-electron chi connectivity index (χ4n) is 3.31. The van der Waals surface area contributed by atoms with E-state index in [1.54, 1.807) is 12.1 Å². The highest BCUT2D eigenvalue weighted by atomic mass is 19.1. The molecule has 28 heavy (non-hydrogen) atoms. The molecule has 0 aromatic carbocycles. The number of nitrogens with one attached hydrogen (secondary N) is 2. The van der Waals surface area contributed by atoms with Gasteiger partial charge in [-0.15, -0.1) is 5.10 Å². The number of ether oxygens (including phenoxy) is 2. The topological polar surface area (TPSA) is 110 Å². The Morgan fingerprint density at radius 3 is 2.93 bits per heavy atom. The first kappa shape index (κ1) is 18.6. The van der Waals surface area contributed by atoms with E-state index in [-0.39, 0.29) is 5.88 Å². The first-order valence-corrected chi connectivity index (χ1v) is 9.19. The third-order valence-corrected chi connectivity index (χ3v) is 4.76. The van der Waals surface area contributed by atoms with Gasteiger partial charge in [-0.1, -0.05) is 0 Å². The van der Waals surface area contributed by atoms with E-state index in [1.165, 1.54) is 6.92 Å². The van der Waals surface area contributed by atoms with Crippen LogP contribution < -0.4 is 10.1 Å². The SMILES string of the molecule is Cc1nc2ccc(Nc3cc(OC(C)F)n[nH]3)nc2n1CC1(O)CCOCC1. The zero-order chi connectivity index (χ0) is 19.7. The number of pyridine rings is 1. The molecule has 4 heterocycles. The van der Waals surface area contributed by atoms with E-state index in [0.717, 1.165) is 11.3 Å². The molecule has 0 spiro atoms. The molecule has 150 valence electrons. The van der Waals surface area contributed by atoms with E-state index in [1.807, 2.05) is 17.6 Å². The molecule has 1 saturated heterocycles. The second kappa shape index (κ2) is 7.36. The van der Waals surface area contributed by atoms with Crippen molar-refractivity contribution in [1.29, 1.82) is 0 Å². The Kier molecular flexibility index (Phi) is 4.90. The lowest BCUT2D eigenvalue weighted by atomic mass is 9.94. The molecule has 4 rings (SSSR count). The highest BCUT2D eigenvalue weighted by Crippen LogP contribution is 2.26. The maximum absolute atomic E-state index is 12.9. The number of rotatable bonds is 6. The van der Waals surface area contributed by atoms with Crippen LogP contribution in [0.2, 0.25) is 0 Å². The van der Waals surface area contributed by atoms with Crippen LogP contribution in [0, 0.1) is 6.92 Å². The summed E-state index contributed by atoms with van der Waals surface area (Å²) in [5.41, 5.74) is 0.592. The third kappa shape index (κ3) is 3.92. The van der Waals surface area contributed by atoms with Crippen LogP contribution in [0.15, 0.2) is 18.2 Å². The average molecular weight is 390 g/mol. The van der Waals surface area contributed by atoms with Crippen LogP contribution in [-0.2, 0) is 11.3 Å². The van der Waals surface area contributed by atoms with E-state index in [4.69, 9.17) is 9.47 Å². The molecule has 0 aliphatic carbocycles. The van der Waals surface area contributed by atoms with Crippen LogP contribution in [0.25, 0.3) is 11.2 Å². The Bertz CT molecular complexity index is 964. The van der Waals surface area contributed by atoms with Gasteiger partial charge in [0.05, 0.1) is 12.1 Å². The van der Waals surface area contributed by atoms with Gasteiger partial charge in [-0.25, -0.2) is 14.4 Å². The van der Waals surface area contributed by atoms with Gasteiger partial charge in [0.15, 0.2) is 5.65 Å². The lowest BCUT2D eigenvalue weighted by Gasteiger charge is -2.32. The number of aromatic amines is 1. The summed E-state index contributed by atoms with van der Waals surface area (Å²) in [7, 11) is 0. The minimum absolute atomic E-state index is 0.154. The molecule has 0 radical (unpaired) electrons. The predicted octanol–water partition coefficient (Wildman–Crippen LogP) is 2.44. The normalized spacial score (nSPS) is 17.6. The van der Waals surface area contributed by atoms with Crippen LogP contribution in [-0.4, -0.2) is 55.0 Å². The van der Waals surface area contributed by atoms with Gasteiger partial charge in [0, 0.05) is 39.0 Å². The van der Waals surface area contributed by atoms with Crippen LogP contribution in [0.4, 0.5) is 16.0 Å². The smallest absolute Gasteiger partial charge is 0.237 e. The van der Waals surface area contributed by atoms with Crippen molar-refractivity contribution in [2.75, 3.05) is 18.5 Å². The van der Waals surface area contributed by atoms with Gasteiger partial charge >= 0.3 is 0 Å². The van der Waals surface area contributed by atoms with E-state index in [0.29, 0.717) is 49.9 Å². The number of halogens is 1. The monoisotopic (exact) mass is 390 g/mol. The molecule has 1 atom stereocenters. The molecule has 9 nitrogen and oxygen atoms in total. The van der Waals surface area contributed by atoms with E-state index in [9.17, 15) is 9.50 Å². The Hall–Kier alpha value is -2.72. The summed E-state index contributed by atoms with van der Waals surface area (Å²) in [5, 5.41) is 20.6. The number of anilines is 2. The zero-order valence-electron chi connectivity index (χ0n) is 15.8. The first-order chi connectivity index (χ1) is 13.4. The summed E-state index contributed by atoms with van der Waals surface area (Å²) in [6.45, 7) is 4.68. The summed E-state index contributed by atoms with van der Waals surface area (Å²) in [5.74, 6) is 2.03. The molecule has 1 fully saturated rings. The lowest BCUT2D eigenvalue weighted by molar-refractivity contribution is -0.0725. The molecule has 0 saturated carbocycles. The molecule has 0 bridgehead atoms. The Balaban J connectivity index is 1.58. The molecule has 1 aliphatic rings. The maximum Gasteiger partial charge on any atom is 0.237 e. The Morgan fingerprint density at radius 1 is 1.39 bits per heavy atom. The number of alkyl halides is 1. The van der Waals surface area contributed by atoms with Crippen molar-refractivity contribution in [2.45, 2.75) is 45.2 Å². The van der Waals surface area contributed by atoms with E-state index < -0.39 is 12.0 Å². The number of hydrogen-bond acceptors (Lipinski definition) is 7. The number of aromatic nitrogens is 5. The molecule has 1 aliphatic heterocycles. The van der Waals surface area contributed by atoms with Gasteiger partial charge in [0.25, 0.3) is 0 Å². The second-order valence-corrected chi connectivity index (χ2v) is 7.03. The number of aliphatic hydroxyl groups is 1. The lowest BCUT2D eigenvalue weighted by Crippen LogP contribution is -2.40. The Labute approximate surface area is 160 Å². The van der Waals surface area contributed by atoms with Crippen LogP contribution in [0.1, 0.15) is 25.6 Å². The molecule has 1 unspecified atom stereocenters. The molecule has 0 amide bonds. The van der Waals surface area contributed by atoms with Crippen molar-refractivity contribution in [1.82, 2.24) is 24.7 Å². The van der Waals surface area contributed by atoms with Crippen molar-refractivity contribution in [3.63, 3.8) is 0 Å². The molecule has 3 aromatic rings. The second-order valence-electron chi connectivity index (χ2n) is 7.03. The van der Waals surface area contributed by atoms with Gasteiger partial charge < -0.3 is 24.5 Å². The van der Waals surface area contributed by atoms with Crippen LogP contribution in [0.5, 0.6) is 5.88 Å². The number of nitrogens with zero attached hydrogens (tertiary/aromatic N) is 4. The quantitative estimate of drug-likeness (QED) is 0.593. The number of fused-ring (bicyclic) bond motifs is 1. The standard InChI is InChI=1S/C18H23FN6O3/c1-11(19)28-16-9-15(23-24-16)21-14-4-3-13-17(22-14)25(12(2)20-13)10-18(26)5-7-27-8-6-18/h3-4,9,11,26H,5-8,10H2,1-2H3,(H2,21,22,23,24). The van der Waals surface area contributed by atoms with Crippen molar-refractivity contribution in [2.24, 2.45) is 0 Å². The van der Waals surface area contributed by atoms with E-state index >= 15 is 0 Å². The van der Waals surface area contributed by atoms with Gasteiger partial charge in [0.2, 0.25) is 12.2 Å². The first-order valence-electron chi connectivity index (χ1n) is 9.19. The van der Waals surface area contributed by atoms with Gasteiger partial charge in [-0.3, -0.25) is 5.10 Å². The fourth-order valence-corrected chi connectivity index (χ4v) is 3.31. The van der Waals surface area contributed by atoms with Gasteiger partial charge in [-0.05, 0) is 19.1 Å². The average Bonchev–Trinajstić information content (AvgIpc) is 3.19. The number of aryl methyl sites for hydroxylation is 1. The van der Waals surface area contributed by atoms with E-state index in [2.05, 4.69) is 25.5 Å². The molecular formula is C18H23FN6O3. The van der Waals surface area contributed by atoms with Crippen LogP contribution in [0.3, 0.4) is 0 Å². The Morgan fingerprint density at radius 2 is 2.18 bits per heavy atom. The number of imidazole rings is 1. The van der Waals surface area contributed by atoms with Crippen molar-refractivity contribution in [3.8, 4) is 5.88 Å². The van der Waals surface area contributed by atoms with Gasteiger partial charge in [-0.2, -0.15) is 0 Å². The molecule has 10 heteroatoms. The summed E-state index contributed by atoms with van der Waals surface area (Å²) < 4.78 is 25.1. The minimum Gasteiger partial charge on any atom is -0.442 e. The summed E-state index contributed by atoms with van der Waals surface area (Å²) in [6, 6.07) is 5.20. The summed E-state index contributed by atoms with van der Waals surface area (Å²) in [6.07, 6.45) is -0.291. The summed E-state index contributed by atoms with van der Waals surface area (Å²) in [4.78, 5) is 9.19. The minimum atomic E-state index is -1.45. The van der Waals surface area contributed by atoms with Crippen LogP contribution >= 0.6 is 0 Å². The fraction of sp³-hybridized carbons (Fsp3) is 0.500. The highest BCUT2D eigenvalue weighted by Gasteiger charge is 2.31. The zero-order valence-corrected chi connectivity index (χ0v) is 15.8. The van der Waals surface area contributed by atoms with Crippen molar-refractivity contribution < 1.29 is 19.0 Å².